The molecule has 0 saturated carbocycles. The number of aromatic hydroxyl groups is 1. The van der Waals surface area contributed by atoms with Crippen LogP contribution < -0.4 is 5.32 Å². The zero-order valence-corrected chi connectivity index (χ0v) is 14.6. The molecule has 1 fully saturated rings. The molecule has 1 aliphatic heterocycles. The molecule has 0 aromatic heterocycles. The van der Waals surface area contributed by atoms with E-state index in [-0.39, 0.29) is 36.6 Å². The summed E-state index contributed by atoms with van der Waals surface area (Å²) in [6, 6.07) is 5.33. The monoisotopic (exact) mass is 393 g/mol. The number of benzene rings is 1. The van der Waals surface area contributed by atoms with Crippen molar-refractivity contribution >= 4 is 40.7 Å². The predicted octanol–water partition coefficient (Wildman–Crippen LogP) is 3.00. The first-order valence-electron chi connectivity index (χ1n) is 6.17. The third-order valence-electron chi connectivity index (χ3n) is 3.35. The minimum absolute atomic E-state index is 0. The summed E-state index contributed by atoms with van der Waals surface area (Å²) in [5, 5.41) is 22.6. The van der Waals surface area contributed by atoms with Crippen molar-refractivity contribution < 1.29 is 5.11 Å². The number of piperazine rings is 1. The van der Waals surface area contributed by atoms with Gasteiger partial charge in [0.2, 0.25) is 0 Å². The molecule has 7 heteroatoms. The molecule has 1 aromatic rings. The lowest BCUT2D eigenvalue weighted by Gasteiger charge is -2.34. The second-order valence-electron chi connectivity index (χ2n) is 4.44. The highest BCUT2D eigenvalue weighted by Gasteiger charge is 2.25. The summed E-state index contributed by atoms with van der Waals surface area (Å²) in [5.74, 6) is 0.0420. The SMILES string of the molecule is C=C[C@H](c1c(Br)ccc(C#N)c1O)N1CCNCC1.Cl.Cl. The van der Waals surface area contributed by atoms with E-state index in [0.717, 1.165) is 36.2 Å². The summed E-state index contributed by atoms with van der Waals surface area (Å²) in [7, 11) is 0. The van der Waals surface area contributed by atoms with Crippen LogP contribution in [0.4, 0.5) is 0 Å². The first-order chi connectivity index (χ1) is 9.19. The number of nitrogens with zero attached hydrogens (tertiary/aromatic N) is 2. The standard InChI is InChI=1S/C14H16BrN3O.2ClH/c1-2-12(18-7-5-17-6-8-18)13-11(15)4-3-10(9-16)14(13)19;;/h2-4,12,17,19H,1,5-8H2;2*1H/t12-;;/m1../s1. The molecule has 1 aliphatic rings. The smallest absolute Gasteiger partial charge is 0.139 e. The van der Waals surface area contributed by atoms with Crippen molar-refractivity contribution in [1.82, 2.24) is 10.2 Å². The van der Waals surface area contributed by atoms with Gasteiger partial charge in [-0.2, -0.15) is 5.26 Å². The van der Waals surface area contributed by atoms with Crippen LogP contribution >= 0.6 is 40.7 Å². The Morgan fingerprint density at radius 1 is 1.38 bits per heavy atom. The molecule has 4 nitrogen and oxygen atoms in total. The lowest BCUT2D eigenvalue weighted by atomic mass is 10.0. The van der Waals surface area contributed by atoms with Crippen LogP contribution in [0.2, 0.25) is 0 Å². The Morgan fingerprint density at radius 3 is 2.52 bits per heavy atom. The second-order valence-corrected chi connectivity index (χ2v) is 5.29. The first-order valence-corrected chi connectivity index (χ1v) is 6.97. The molecule has 2 rings (SSSR count). The van der Waals surface area contributed by atoms with Crippen molar-refractivity contribution in [1.29, 1.82) is 5.26 Å². The third kappa shape index (κ3) is 4.35. The number of halogens is 3. The number of hydrogen-bond acceptors (Lipinski definition) is 4. The predicted molar refractivity (Wildman–Crippen MR) is 92.4 cm³/mol. The van der Waals surface area contributed by atoms with E-state index in [1.165, 1.54) is 0 Å². The van der Waals surface area contributed by atoms with E-state index in [0.29, 0.717) is 5.56 Å². The van der Waals surface area contributed by atoms with E-state index in [9.17, 15) is 5.11 Å². The van der Waals surface area contributed by atoms with Crippen LogP contribution in [0.3, 0.4) is 0 Å². The summed E-state index contributed by atoms with van der Waals surface area (Å²) < 4.78 is 0.799. The van der Waals surface area contributed by atoms with E-state index < -0.39 is 0 Å². The number of phenols is 1. The molecule has 0 bridgehead atoms. The van der Waals surface area contributed by atoms with Gasteiger partial charge < -0.3 is 10.4 Å². The van der Waals surface area contributed by atoms with Crippen LogP contribution in [-0.2, 0) is 0 Å². The Balaban J connectivity index is 0.00000200. The molecule has 0 aliphatic carbocycles. The number of nitriles is 1. The van der Waals surface area contributed by atoms with Gasteiger partial charge in [-0.1, -0.05) is 22.0 Å². The molecule has 2 N–H and O–H groups in total. The van der Waals surface area contributed by atoms with Gasteiger partial charge in [0, 0.05) is 36.2 Å². The fraction of sp³-hybridized carbons (Fsp3) is 0.357. The van der Waals surface area contributed by atoms with Crippen molar-refractivity contribution in [3.63, 3.8) is 0 Å². The average molecular weight is 395 g/mol. The van der Waals surface area contributed by atoms with Crippen molar-refractivity contribution in [3.05, 3.63) is 40.4 Å². The van der Waals surface area contributed by atoms with Crippen LogP contribution in [0.1, 0.15) is 17.2 Å². The highest BCUT2D eigenvalue weighted by atomic mass is 79.9. The minimum atomic E-state index is -0.0928. The number of nitrogens with one attached hydrogen (secondary N) is 1. The highest BCUT2D eigenvalue weighted by Crippen LogP contribution is 2.37. The van der Waals surface area contributed by atoms with E-state index in [4.69, 9.17) is 5.26 Å². The van der Waals surface area contributed by atoms with Gasteiger partial charge in [0.15, 0.2) is 0 Å². The minimum Gasteiger partial charge on any atom is -0.506 e. The van der Waals surface area contributed by atoms with Gasteiger partial charge in [-0.25, -0.2) is 0 Å². The zero-order valence-electron chi connectivity index (χ0n) is 11.4. The van der Waals surface area contributed by atoms with Crippen molar-refractivity contribution in [2.75, 3.05) is 26.2 Å². The van der Waals surface area contributed by atoms with Crippen molar-refractivity contribution in [2.24, 2.45) is 0 Å². The first kappa shape index (κ1) is 20.2. The average Bonchev–Trinajstić information content (AvgIpc) is 2.44. The Bertz CT molecular complexity index is 528. The van der Waals surface area contributed by atoms with Crippen LogP contribution in [0.5, 0.6) is 5.75 Å². The summed E-state index contributed by atoms with van der Waals surface area (Å²) in [5.41, 5.74) is 1.01. The Kier molecular flexibility index (Phi) is 8.95. The van der Waals surface area contributed by atoms with Crippen LogP contribution in [0.15, 0.2) is 29.3 Å². The Morgan fingerprint density at radius 2 is 2.00 bits per heavy atom. The van der Waals surface area contributed by atoms with Gasteiger partial charge in [0.05, 0.1) is 11.6 Å². The molecule has 1 heterocycles. The summed E-state index contributed by atoms with van der Waals surface area (Å²) in [6.07, 6.45) is 1.81. The fourth-order valence-electron chi connectivity index (χ4n) is 2.36. The lowest BCUT2D eigenvalue weighted by molar-refractivity contribution is 0.200. The summed E-state index contributed by atoms with van der Waals surface area (Å²) in [4.78, 5) is 2.24. The molecule has 0 spiro atoms. The topological polar surface area (TPSA) is 59.3 Å². The van der Waals surface area contributed by atoms with E-state index in [2.05, 4.69) is 32.7 Å². The lowest BCUT2D eigenvalue weighted by Crippen LogP contribution is -2.44. The number of phenolic OH excluding ortho intramolecular Hbond substituents is 1. The fourth-order valence-corrected chi connectivity index (χ4v) is 2.92. The van der Waals surface area contributed by atoms with E-state index >= 15 is 0 Å². The normalized spacial score (nSPS) is 16.0. The van der Waals surface area contributed by atoms with Gasteiger partial charge in [-0.3, -0.25) is 4.90 Å². The van der Waals surface area contributed by atoms with Gasteiger partial charge in [0.25, 0.3) is 0 Å². The van der Waals surface area contributed by atoms with E-state index in [1.807, 2.05) is 12.1 Å². The van der Waals surface area contributed by atoms with Gasteiger partial charge in [-0.05, 0) is 12.1 Å². The Hall–Kier alpha value is -0.770. The van der Waals surface area contributed by atoms with Crippen LogP contribution in [-0.4, -0.2) is 36.2 Å². The maximum atomic E-state index is 10.3. The van der Waals surface area contributed by atoms with Crippen LogP contribution in [0.25, 0.3) is 0 Å². The number of rotatable bonds is 3. The van der Waals surface area contributed by atoms with Crippen LogP contribution in [0, 0.1) is 11.3 Å². The maximum absolute atomic E-state index is 10.3. The largest absolute Gasteiger partial charge is 0.506 e. The molecule has 1 aromatic carbocycles. The van der Waals surface area contributed by atoms with Gasteiger partial charge in [-0.15, -0.1) is 31.4 Å². The van der Waals surface area contributed by atoms with Crippen molar-refractivity contribution in [3.8, 4) is 11.8 Å². The molecule has 1 saturated heterocycles. The van der Waals surface area contributed by atoms with Gasteiger partial charge >= 0.3 is 0 Å². The summed E-state index contributed by atoms with van der Waals surface area (Å²) in [6.45, 7) is 7.48. The molecule has 0 unspecified atom stereocenters. The van der Waals surface area contributed by atoms with Gasteiger partial charge in [0.1, 0.15) is 11.8 Å². The molecule has 21 heavy (non-hydrogen) atoms. The quantitative estimate of drug-likeness (QED) is 0.773. The molecular weight excluding hydrogens is 377 g/mol. The highest BCUT2D eigenvalue weighted by molar-refractivity contribution is 9.10. The third-order valence-corrected chi connectivity index (χ3v) is 4.04. The summed E-state index contributed by atoms with van der Waals surface area (Å²) >= 11 is 3.46. The van der Waals surface area contributed by atoms with E-state index in [1.54, 1.807) is 12.1 Å². The molecular formula is C14H18BrCl2N3O. The number of hydrogen-bond donors (Lipinski definition) is 2. The molecule has 1 atom stereocenters. The van der Waals surface area contributed by atoms with Crippen molar-refractivity contribution in [2.45, 2.75) is 6.04 Å². The molecule has 0 amide bonds. The maximum Gasteiger partial charge on any atom is 0.139 e. The molecule has 0 radical (unpaired) electrons. The Labute approximate surface area is 145 Å². The second kappa shape index (κ2) is 9.29. The zero-order chi connectivity index (χ0) is 13.8. The molecule has 116 valence electrons.